The lowest BCUT2D eigenvalue weighted by Gasteiger charge is -2.19. The molecule has 0 aliphatic heterocycles. The first kappa shape index (κ1) is 14.8. The van der Waals surface area contributed by atoms with E-state index in [0.29, 0.717) is 11.5 Å². The fraction of sp³-hybridized carbons (Fsp3) is 0.250. The first-order valence-electron chi connectivity index (χ1n) is 6.71. The van der Waals surface area contributed by atoms with Crippen molar-refractivity contribution in [1.29, 1.82) is 0 Å². The van der Waals surface area contributed by atoms with Crippen LogP contribution in [0.1, 0.15) is 36.8 Å². The first-order chi connectivity index (χ1) is 9.77. The van der Waals surface area contributed by atoms with E-state index in [4.69, 9.17) is 11.5 Å². The maximum Gasteiger partial charge on any atom is 0.267 e. The number of carbonyl (C=O) groups is 1. The van der Waals surface area contributed by atoms with Gasteiger partial charge in [-0.05, 0) is 35.2 Å². The zero-order chi connectivity index (χ0) is 15.6. The van der Waals surface area contributed by atoms with Gasteiger partial charge in [-0.1, -0.05) is 32.9 Å². The van der Waals surface area contributed by atoms with Crippen LogP contribution >= 0.6 is 0 Å². The van der Waals surface area contributed by atoms with Crippen LogP contribution in [0.5, 0.6) is 0 Å². The minimum absolute atomic E-state index is 0.0989. The second-order valence-corrected chi connectivity index (χ2v) is 5.95. The molecule has 21 heavy (non-hydrogen) atoms. The zero-order valence-corrected chi connectivity index (χ0v) is 12.5. The highest BCUT2D eigenvalue weighted by molar-refractivity contribution is 5.92. The van der Waals surface area contributed by atoms with Crippen LogP contribution in [0.25, 0.3) is 0 Å². The second-order valence-electron chi connectivity index (χ2n) is 5.95. The number of anilines is 3. The lowest BCUT2D eigenvalue weighted by Crippen LogP contribution is -2.14. The number of nitrogen functional groups attached to an aromatic ring is 1. The molecule has 5 heteroatoms. The van der Waals surface area contributed by atoms with Crippen molar-refractivity contribution in [3.8, 4) is 0 Å². The van der Waals surface area contributed by atoms with Gasteiger partial charge in [-0.15, -0.1) is 0 Å². The topological polar surface area (TPSA) is 94.0 Å². The van der Waals surface area contributed by atoms with Crippen molar-refractivity contribution in [1.82, 2.24) is 4.98 Å². The molecule has 2 rings (SSSR count). The second kappa shape index (κ2) is 5.44. The van der Waals surface area contributed by atoms with Crippen LogP contribution in [-0.4, -0.2) is 10.9 Å². The Balaban J connectivity index is 2.26. The zero-order valence-electron chi connectivity index (χ0n) is 12.5. The predicted molar refractivity (Wildman–Crippen MR) is 85.6 cm³/mol. The number of carbonyl (C=O) groups excluding carboxylic acids is 1. The Labute approximate surface area is 124 Å². The molecule has 1 aromatic heterocycles. The molecule has 1 aromatic carbocycles. The summed E-state index contributed by atoms with van der Waals surface area (Å²) in [6.07, 6.45) is 0. The third-order valence-corrected chi connectivity index (χ3v) is 3.19. The van der Waals surface area contributed by atoms with Crippen molar-refractivity contribution in [2.75, 3.05) is 11.1 Å². The SMILES string of the molecule is CC(C)(C)c1ccc(Nc2nc(C(N)=O)ccc2N)cc1. The summed E-state index contributed by atoms with van der Waals surface area (Å²) in [6.45, 7) is 6.47. The third kappa shape index (κ3) is 3.51. The number of pyridine rings is 1. The fourth-order valence-corrected chi connectivity index (χ4v) is 1.90. The Morgan fingerprint density at radius 1 is 1.10 bits per heavy atom. The number of benzene rings is 1. The number of hydrogen-bond donors (Lipinski definition) is 3. The number of hydrogen-bond acceptors (Lipinski definition) is 4. The summed E-state index contributed by atoms with van der Waals surface area (Å²) in [5, 5.41) is 3.10. The molecular weight excluding hydrogens is 264 g/mol. The number of nitrogens with two attached hydrogens (primary N) is 2. The van der Waals surface area contributed by atoms with Gasteiger partial charge in [0.2, 0.25) is 0 Å². The molecule has 1 heterocycles. The average Bonchev–Trinajstić information content (AvgIpc) is 2.40. The van der Waals surface area contributed by atoms with Crippen molar-refractivity contribution in [2.24, 2.45) is 5.73 Å². The third-order valence-electron chi connectivity index (χ3n) is 3.19. The monoisotopic (exact) mass is 284 g/mol. The van der Waals surface area contributed by atoms with E-state index in [1.807, 2.05) is 12.1 Å². The predicted octanol–water partition coefficient (Wildman–Crippen LogP) is 2.80. The standard InChI is InChI=1S/C16H20N4O/c1-16(2,3)10-4-6-11(7-5-10)19-15-12(17)8-9-13(20-15)14(18)21/h4-9H,17H2,1-3H3,(H2,18,21)(H,19,20). The van der Waals surface area contributed by atoms with Crippen LogP contribution in [0.15, 0.2) is 36.4 Å². The molecule has 0 unspecified atom stereocenters. The number of primary amides is 1. The molecular formula is C16H20N4O. The van der Waals surface area contributed by atoms with E-state index in [1.165, 1.54) is 11.6 Å². The van der Waals surface area contributed by atoms with E-state index in [1.54, 1.807) is 6.07 Å². The Kier molecular flexibility index (Phi) is 3.84. The minimum atomic E-state index is -0.582. The molecule has 0 saturated carbocycles. The summed E-state index contributed by atoms with van der Waals surface area (Å²) in [6, 6.07) is 11.1. The van der Waals surface area contributed by atoms with Crippen LogP contribution in [-0.2, 0) is 5.41 Å². The first-order valence-corrected chi connectivity index (χ1v) is 6.71. The lowest BCUT2D eigenvalue weighted by molar-refractivity contribution is 0.0996. The van der Waals surface area contributed by atoms with Gasteiger partial charge in [-0.25, -0.2) is 4.98 Å². The molecule has 0 aliphatic carbocycles. The Morgan fingerprint density at radius 2 is 1.71 bits per heavy atom. The molecule has 0 radical (unpaired) electrons. The smallest absolute Gasteiger partial charge is 0.267 e. The quantitative estimate of drug-likeness (QED) is 0.807. The maximum absolute atomic E-state index is 11.2. The van der Waals surface area contributed by atoms with Crippen molar-refractivity contribution in [3.05, 3.63) is 47.7 Å². The van der Waals surface area contributed by atoms with Crippen molar-refractivity contribution >= 4 is 23.1 Å². The Hall–Kier alpha value is -2.56. The van der Waals surface area contributed by atoms with Gasteiger partial charge in [-0.2, -0.15) is 0 Å². The van der Waals surface area contributed by atoms with Crippen molar-refractivity contribution < 1.29 is 4.79 Å². The van der Waals surface area contributed by atoms with Crippen LogP contribution in [0, 0.1) is 0 Å². The molecule has 0 atom stereocenters. The molecule has 5 nitrogen and oxygen atoms in total. The molecule has 2 aromatic rings. The largest absolute Gasteiger partial charge is 0.396 e. The van der Waals surface area contributed by atoms with Crippen LogP contribution in [0.4, 0.5) is 17.2 Å². The van der Waals surface area contributed by atoms with E-state index in [0.717, 1.165) is 5.69 Å². The summed E-state index contributed by atoms with van der Waals surface area (Å²) in [7, 11) is 0. The van der Waals surface area contributed by atoms with Gasteiger partial charge in [0.15, 0.2) is 5.82 Å². The Morgan fingerprint density at radius 3 is 2.24 bits per heavy atom. The number of nitrogens with zero attached hydrogens (tertiary/aromatic N) is 1. The molecule has 0 aliphatic rings. The summed E-state index contributed by atoms with van der Waals surface area (Å²) in [4.78, 5) is 15.3. The van der Waals surface area contributed by atoms with Gasteiger partial charge in [0.05, 0.1) is 5.69 Å². The molecule has 5 N–H and O–H groups in total. The van der Waals surface area contributed by atoms with E-state index < -0.39 is 5.91 Å². The van der Waals surface area contributed by atoms with Gasteiger partial charge in [0.25, 0.3) is 5.91 Å². The Bertz CT molecular complexity index is 657. The number of rotatable bonds is 3. The molecule has 0 fully saturated rings. The molecule has 0 spiro atoms. The van der Waals surface area contributed by atoms with E-state index in [-0.39, 0.29) is 11.1 Å². The summed E-state index contributed by atoms with van der Waals surface area (Å²) >= 11 is 0. The average molecular weight is 284 g/mol. The van der Waals surface area contributed by atoms with Crippen LogP contribution in [0.3, 0.4) is 0 Å². The number of nitrogens with one attached hydrogen (secondary N) is 1. The molecule has 0 saturated heterocycles. The summed E-state index contributed by atoms with van der Waals surface area (Å²) in [5.41, 5.74) is 13.9. The van der Waals surface area contributed by atoms with E-state index in [2.05, 4.69) is 43.2 Å². The van der Waals surface area contributed by atoms with Gasteiger partial charge < -0.3 is 16.8 Å². The summed E-state index contributed by atoms with van der Waals surface area (Å²) in [5.74, 6) is -0.157. The molecule has 110 valence electrons. The number of amides is 1. The summed E-state index contributed by atoms with van der Waals surface area (Å²) < 4.78 is 0. The minimum Gasteiger partial charge on any atom is -0.396 e. The molecule has 0 bridgehead atoms. The van der Waals surface area contributed by atoms with Gasteiger partial charge in [0.1, 0.15) is 5.69 Å². The fourth-order valence-electron chi connectivity index (χ4n) is 1.90. The van der Waals surface area contributed by atoms with Crippen LogP contribution in [0.2, 0.25) is 0 Å². The van der Waals surface area contributed by atoms with Crippen molar-refractivity contribution in [3.63, 3.8) is 0 Å². The van der Waals surface area contributed by atoms with E-state index in [9.17, 15) is 4.79 Å². The van der Waals surface area contributed by atoms with Gasteiger partial charge >= 0.3 is 0 Å². The lowest BCUT2D eigenvalue weighted by atomic mass is 9.87. The van der Waals surface area contributed by atoms with Gasteiger partial charge in [-0.3, -0.25) is 4.79 Å². The highest BCUT2D eigenvalue weighted by Gasteiger charge is 2.13. The highest BCUT2D eigenvalue weighted by Crippen LogP contribution is 2.26. The normalized spacial score (nSPS) is 11.2. The molecule has 1 amide bonds. The number of aromatic nitrogens is 1. The van der Waals surface area contributed by atoms with Gasteiger partial charge in [0, 0.05) is 5.69 Å². The van der Waals surface area contributed by atoms with E-state index >= 15 is 0 Å². The van der Waals surface area contributed by atoms with Crippen molar-refractivity contribution in [2.45, 2.75) is 26.2 Å². The van der Waals surface area contributed by atoms with Crippen LogP contribution < -0.4 is 16.8 Å². The highest BCUT2D eigenvalue weighted by atomic mass is 16.1. The maximum atomic E-state index is 11.2.